The average Bonchev–Trinajstić information content (AvgIpc) is 2.53. The van der Waals surface area contributed by atoms with Gasteiger partial charge in [0.15, 0.2) is 0 Å². The van der Waals surface area contributed by atoms with E-state index in [-0.39, 0.29) is 0 Å². The maximum absolute atomic E-state index is 3.47. The van der Waals surface area contributed by atoms with Gasteiger partial charge in [0.05, 0.1) is 6.17 Å². The van der Waals surface area contributed by atoms with Crippen LogP contribution in [0.1, 0.15) is 17.3 Å². The van der Waals surface area contributed by atoms with Gasteiger partial charge in [0.25, 0.3) is 0 Å². The minimum atomic E-state index is 0.417. The first-order valence-electron chi connectivity index (χ1n) is 4.77. The smallest absolute Gasteiger partial charge is 0.0859 e. The van der Waals surface area contributed by atoms with E-state index in [1.807, 2.05) is 0 Å². The first kappa shape index (κ1) is 8.73. The van der Waals surface area contributed by atoms with Crippen LogP contribution in [0.5, 0.6) is 0 Å². The fourth-order valence-electron chi connectivity index (χ4n) is 1.78. The Morgan fingerprint density at radius 3 is 2.54 bits per heavy atom. The van der Waals surface area contributed by atoms with Crippen LogP contribution >= 0.6 is 0 Å². The number of aryl methyl sites for hydroxylation is 1. The molecular weight excluding hydrogens is 160 g/mol. The number of likely N-dealkylation sites (N-methyl/N-ethyl adjacent to an activating group) is 1. The van der Waals surface area contributed by atoms with Crippen molar-refractivity contribution in [3.63, 3.8) is 0 Å². The maximum atomic E-state index is 3.47. The molecule has 1 unspecified atom stereocenters. The number of nitrogens with one attached hydrogen (secondary N) is 1. The molecule has 0 saturated carbocycles. The second kappa shape index (κ2) is 3.48. The quantitative estimate of drug-likeness (QED) is 0.698. The molecule has 2 heteroatoms. The molecule has 1 saturated heterocycles. The molecule has 0 amide bonds. The molecule has 1 aliphatic heterocycles. The lowest BCUT2D eigenvalue weighted by Gasteiger charge is -2.19. The summed E-state index contributed by atoms with van der Waals surface area (Å²) in [5.74, 6) is 0. The highest BCUT2D eigenvalue weighted by Crippen LogP contribution is 2.19. The highest BCUT2D eigenvalue weighted by Gasteiger charge is 2.20. The average molecular weight is 176 g/mol. The molecule has 0 aromatic heterocycles. The van der Waals surface area contributed by atoms with Crippen molar-refractivity contribution in [1.29, 1.82) is 0 Å². The first-order valence-corrected chi connectivity index (χ1v) is 4.77. The van der Waals surface area contributed by atoms with Gasteiger partial charge in [-0.1, -0.05) is 29.8 Å². The standard InChI is InChI=1S/C11H16N2/c1-9-3-5-10(6-4-9)11-12-7-8-13(11)2/h3-6,11-12H,7-8H2,1-2H3. The summed E-state index contributed by atoms with van der Waals surface area (Å²) in [5, 5.41) is 3.47. The molecule has 0 bridgehead atoms. The molecule has 1 fully saturated rings. The summed E-state index contributed by atoms with van der Waals surface area (Å²) in [6.07, 6.45) is 0.417. The van der Waals surface area contributed by atoms with Crippen LogP contribution in [0.2, 0.25) is 0 Å². The molecular formula is C11H16N2. The van der Waals surface area contributed by atoms with E-state index in [2.05, 4.69) is 48.5 Å². The van der Waals surface area contributed by atoms with Crippen molar-refractivity contribution in [3.8, 4) is 0 Å². The van der Waals surface area contributed by atoms with Crippen LogP contribution in [-0.2, 0) is 0 Å². The van der Waals surface area contributed by atoms with Crippen LogP contribution in [0.3, 0.4) is 0 Å². The summed E-state index contributed by atoms with van der Waals surface area (Å²) in [6.45, 7) is 4.35. The minimum absolute atomic E-state index is 0.417. The Labute approximate surface area is 79.6 Å². The Bertz CT molecular complexity index is 279. The van der Waals surface area contributed by atoms with Crippen molar-refractivity contribution < 1.29 is 0 Å². The van der Waals surface area contributed by atoms with E-state index in [0.29, 0.717) is 6.17 Å². The summed E-state index contributed by atoms with van der Waals surface area (Å²) < 4.78 is 0. The molecule has 0 spiro atoms. The summed E-state index contributed by atoms with van der Waals surface area (Å²) in [5.41, 5.74) is 2.69. The molecule has 0 aliphatic carbocycles. The van der Waals surface area contributed by atoms with Crippen molar-refractivity contribution in [2.45, 2.75) is 13.1 Å². The Morgan fingerprint density at radius 2 is 2.00 bits per heavy atom. The van der Waals surface area contributed by atoms with Crippen LogP contribution in [0, 0.1) is 6.92 Å². The second-order valence-corrected chi connectivity index (χ2v) is 3.75. The lowest BCUT2D eigenvalue weighted by Crippen LogP contribution is -2.23. The Morgan fingerprint density at radius 1 is 1.31 bits per heavy atom. The van der Waals surface area contributed by atoms with Crippen molar-refractivity contribution >= 4 is 0 Å². The highest BCUT2D eigenvalue weighted by atomic mass is 15.3. The largest absolute Gasteiger partial charge is 0.297 e. The molecule has 0 radical (unpaired) electrons. The minimum Gasteiger partial charge on any atom is -0.297 e. The monoisotopic (exact) mass is 176 g/mol. The van der Waals surface area contributed by atoms with Crippen LogP contribution in [0.25, 0.3) is 0 Å². The van der Waals surface area contributed by atoms with Gasteiger partial charge in [-0.25, -0.2) is 0 Å². The Balaban J connectivity index is 2.20. The predicted octanol–water partition coefficient (Wildman–Crippen LogP) is 1.53. The van der Waals surface area contributed by atoms with Gasteiger partial charge in [-0.15, -0.1) is 0 Å². The molecule has 1 N–H and O–H groups in total. The molecule has 1 aromatic carbocycles. The molecule has 1 heterocycles. The topological polar surface area (TPSA) is 15.3 Å². The molecule has 70 valence electrons. The molecule has 13 heavy (non-hydrogen) atoms. The van der Waals surface area contributed by atoms with Crippen LogP contribution < -0.4 is 5.32 Å². The van der Waals surface area contributed by atoms with E-state index in [1.165, 1.54) is 11.1 Å². The second-order valence-electron chi connectivity index (χ2n) is 3.75. The van der Waals surface area contributed by atoms with Gasteiger partial charge >= 0.3 is 0 Å². The van der Waals surface area contributed by atoms with Crippen molar-refractivity contribution in [1.82, 2.24) is 10.2 Å². The number of rotatable bonds is 1. The summed E-state index contributed by atoms with van der Waals surface area (Å²) in [6, 6.07) is 8.75. The SMILES string of the molecule is Cc1ccc(C2NCCN2C)cc1. The third-order valence-electron chi connectivity index (χ3n) is 2.64. The van der Waals surface area contributed by atoms with Crippen LogP contribution in [-0.4, -0.2) is 25.0 Å². The molecule has 2 nitrogen and oxygen atoms in total. The Kier molecular flexibility index (Phi) is 2.34. The number of nitrogens with zero attached hydrogens (tertiary/aromatic N) is 1. The van der Waals surface area contributed by atoms with Gasteiger partial charge in [-0.3, -0.25) is 10.2 Å². The highest BCUT2D eigenvalue weighted by molar-refractivity contribution is 5.24. The van der Waals surface area contributed by atoms with E-state index in [9.17, 15) is 0 Å². The van der Waals surface area contributed by atoms with E-state index in [1.54, 1.807) is 0 Å². The van der Waals surface area contributed by atoms with E-state index < -0.39 is 0 Å². The van der Waals surface area contributed by atoms with Gasteiger partial charge < -0.3 is 0 Å². The van der Waals surface area contributed by atoms with Crippen LogP contribution in [0.4, 0.5) is 0 Å². The summed E-state index contributed by atoms with van der Waals surface area (Å²) >= 11 is 0. The number of benzene rings is 1. The zero-order chi connectivity index (χ0) is 9.26. The maximum Gasteiger partial charge on any atom is 0.0859 e. The summed E-state index contributed by atoms with van der Waals surface area (Å²) in [4.78, 5) is 2.34. The fourth-order valence-corrected chi connectivity index (χ4v) is 1.78. The van der Waals surface area contributed by atoms with E-state index in [0.717, 1.165) is 13.1 Å². The van der Waals surface area contributed by atoms with Crippen LogP contribution in [0.15, 0.2) is 24.3 Å². The third kappa shape index (κ3) is 1.74. The van der Waals surface area contributed by atoms with Gasteiger partial charge in [0.1, 0.15) is 0 Å². The van der Waals surface area contributed by atoms with Gasteiger partial charge in [-0.05, 0) is 19.5 Å². The molecule has 1 aromatic rings. The normalized spacial score (nSPS) is 23.7. The van der Waals surface area contributed by atoms with E-state index in [4.69, 9.17) is 0 Å². The summed E-state index contributed by atoms with van der Waals surface area (Å²) in [7, 11) is 2.16. The number of hydrogen-bond acceptors (Lipinski definition) is 2. The van der Waals surface area contributed by atoms with Crippen molar-refractivity contribution in [2.75, 3.05) is 20.1 Å². The molecule has 1 atom stereocenters. The zero-order valence-electron chi connectivity index (χ0n) is 8.25. The lowest BCUT2D eigenvalue weighted by molar-refractivity contribution is 0.301. The molecule has 1 aliphatic rings. The molecule has 2 rings (SSSR count). The predicted molar refractivity (Wildman–Crippen MR) is 54.6 cm³/mol. The number of hydrogen-bond donors (Lipinski definition) is 1. The zero-order valence-corrected chi connectivity index (χ0v) is 8.25. The lowest BCUT2D eigenvalue weighted by atomic mass is 10.1. The van der Waals surface area contributed by atoms with Gasteiger partial charge in [-0.2, -0.15) is 0 Å². The fraction of sp³-hybridized carbons (Fsp3) is 0.455. The van der Waals surface area contributed by atoms with Crippen molar-refractivity contribution in [3.05, 3.63) is 35.4 Å². The van der Waals surface area contributed by atoms with E-state index >= 15 is 0 Å². The van der Waals surface area contributed by atoms with Gasteiger partial charge in [0, 0.05) is 13.1 Å². The van der Waals surface area contributed by atoms with Crippen molar-refractivity contribution in [2.24, 2.45) is 0 Å². The van der Waals surface area contributed by atoms with Gasteiger partial charge in [0.2, 0.25) is 0 Å². The third-order valence-corrected chi connectivity index (χ3v) is 2.64. The first-order chi connectivity index (χ1) is 6.27. The Hall–Kier alpha value is -0.860.